The third kappa shape index (κ3) is 16.2. The van der Waals surface area contributed by atoms with Crippen molar-refractivity contribution in [1.82, 2.24) is 9.62 Å². The van der Waals surface area contributed by atoms with Crippen molar-refractivity contribution >= 4 is 87.5 Å². The minimum atomic E-state index is -6.15. The number of hydrogen-bond acceptors (Lipinski definition) is 11. The highest BCUT2D eigenvalue weighted by molar-refractivity contribution is 7.99. The van der Waals surface area contributed by atoms with Gasteiger partial charge in [0.1, 0.15) is 4.90 Å². The molecule has 2 unspecified atom stereocenters. The van der Waals surface area contributed by atoms with E-state index in [1.807, 2.05) is 109 Å². The van der Waals surface area contributed by atoms with Gasteiger partial charge < -0.3 is 24.0 Å². The number of carbonyl (C=O) groups excluding carboxylic acids is 1. The van der Waals surface area contributed by atoms with Crippen LogP contribution in [0.4, 0.5) is 24.5 Å². The van der Waals surface area contributed by atoms with E-state index in [4.69, 9.17) is 20.5 Å². The highest BCUT2D eigenvalue weighted by Crippen LogP contribution is 2.47. The van der Waals surface area contributed by atoms with Gasteiger partial charge in [-0.05, 0) is 149 Å². The summed E-state index contributed by atoms with van der Waals surface area (Å²) in [7, 11) is -16.2. The average Bonchev–Trinajstić information content (AvgIpc) is 2.62. The van der Waals surface area contributed by atoms with Gasteiger partial charge in [0.2, 0.25) is 0 Å². The number of alkyl halides is 3. The van der Waals surface area contributed by atoms with E-state index in [0.29, 0.717) is 62.6 Å². The van der Waals surface area contributed by atoms with Crippen LogP contribution in [0.1, 0.15) is 89.8 Å². The monoisotopic (exact) mass is 1310 g/mol. The van der Waals surface area contributed by atoms with Crippen LogP contribution < -0.4 is 25.3 Å². The van der Waals surface area contributed by atoms with E-state index >= 15 is 0 Å². The number of likely N-dealkylation sites (N-methyl/N-ethyl adjacent to an activating group) is 1. The van der Waals surface area contributed by atoms with E-state index in [1.165, 1.54) is 23.9 Å². The Balaban J connectivity index is 0.972. The zero-order valence-corrected chi connectivity index (χ0v) is 56.8. The minimum Gasteiger partial charge on any atom is -0.410 e. The molecule has 1 amide bonds. The summed E-state index contributed by atoms with van der Waals surface area (Å²) in [6.07, 6.45) is 1.80. The van der Waals surface area contributed by atoms with Gasteiger partial charge in [-0.15, -0.1) is 11.8 Å². The molecule has 0 radical (unpaired) electrons. The molecule has 20 heteroatoms. The molecule has 7 aromatic carbocycles. The Morgan fingerprint density at radius 1 is 0.727 bits per heavy atom. The quantitative estimate of drug-likeness (QED) is 0.0418. The van der Waals surface area contributed by atoms with Crippen LogP contribution in [0.2, 0.25) is 28.2 Å². The van der Waals surface area contributed by atoms with E-state index < -0.39 is 69.4 Å². The molecule has 1 saturated heterocycles. The molecule has 1 aliphatic heterocycles. The maximum atomic E-state index is 14.7. The van der Waals surface area contributed by atoms with E-state index in [0.717, 1.165) is 62.6 Å². The van der Waals surface area contributed by atoms with Crippen LogP contribution in [0, 0.1) is 5.92 Å². The van der Waals surface area contributed by atoms with Gasteiger partial charge >= 0.3 is 5.51 Å². The number of carbonyl (C=O) groups is 1. The van der Waals surface area contributed by atoms with Gasteiger partial charge in [-0.2, -0.15) is 13.2 Å². The number of benzene rings is 7. The van der Waals surface area contributed by atoms with Crippen molar-refractivity contribution < 1.29 is 43.7 Å². The summed E-state index contributed by atoms with van der Waals surface area (Å²) < 4.78 is 115. The number of piperidine rings is 1. The normalized spacial score (nSPS) is 14.8. The zero-order valence-electron chi connectivity index (χ0n) is 51.6. The van der Waals surface area contributed by atoms with Gasteiger partial charge in [-0.25, -0.2) is 21.6 Å². The van der Waals surface area contributed by atoms with Crippen LogP contribution >= 0.6 is 23.4 Å². The van der Waals surface area contributed by atoms with Crippen molar-refractivity contribution in [1.29, 1.82) is 0 Å². The molecule has 2 atom stereocenters. The molecule has 88 heavy (non-hydrogen) atoms. The second-order valence-corrected chi connectivity index (χ2v) is 39.2. The molecule has 11 nitrogen and oxygen atoms in total. The standard InChI is InChI=1S/C68H82ClF3N4O7S3Si2/c1-10-75(46-47-82-88(67(5,6)7,58-24-16-12-17-25-58)59-26-18-13-19-27-59)43-42-54(49-84-56-22-14-11-15-23-56)73-62-39-38-57(48-63(62)85(78,79)68(70,71)72)86(80,81)74-65(77)52-32-36-55(37-33-52)76-44-40-51(41-45-76)64(83-87(8,9)66(2,3)4)61-29-21-20-28-60(61)50-30-34-53(69)35-31-50/h11-39,48,51,54,64,73H,10,40-47,49H2,1-9H3,(H,74,77). The molecule has 1 fully saturated rings. The van der Waals surface area contributed by atoms with Gasteiger partial charge in [0.15, 0.2) is 8.32 Å². The number of sulfone groups is 1. The van der Waals surface area contributed by atoms with Crippen LogP contribution in [0.15, 0.2) is 197 Å². The van der Waals surface area contributed by atoms with Crippen molar-refractivity contribution in [3.05, 3.63) is 198 Å². The SMILES string of the molecule is CCN(CCO[Si](c1ccccc1)(c1ccccc1)C(C)(C)C)CCC(CSc1ccccc1)Nc1ccc(S(=O)(=O)NC(=O)c2ccc(N3CCC(C(O[Si](C)(C)C(C)(C)C)c4ccccc4-c4ccc(Cl)cc4)CC3)cc2)cc1S(=O)(=O)C(F)(F)F. The van der Waals surface area contributed by atoms with E-state index in [-0.39, 0.29) is 27.7 Å². The fraction of sp³-hybridized carbons (Fsp3) is 0.368. The van der Waals surface area contributed by atoms with Crippen LogP contribution in [-0.4, -0.2) is 101 Å². The maximum absolute atomic E-state index is 14.7. The topological polar surface area (TPSA) is 134 Å². The largest absolute Gasteiger partial charge is 0.501 e. The first-order valence-electron chi connectivity index (χ1n) is 29.9. The molecular weight excluding hydrogens is 1230 g/mol. The number of thioether (sulfide) groups is 1. The molecule has 0 aliphatic carbocycles. The lowest BCUT2D eigenvalue weighted by atomic mass is 9.84. The smallest absolute Gasteiger partial charge is 0.410 e. The molecule has 0 spiro atoms. The number of sulfonamides is 1. The molecule has 2 N–H and O–H groups in total. The predicted octanol–water partition coefficient (Wildman–Crippen LogP) is 15.3. The Hall–Kier alpha value is -5.75. The fourth-order valence-electron chi connectivity index (χ4n) is 11.2. The minimum absolute atomic E-state index is 0.0280. The molecular formula is C68H82ClF3N4O7S3Si2. The molecule has 8 rings (SSSR count). The predicted molar refractivity (Wildman–Crippen MR) is 359 cm³/mol. The van der Waals surface area contributed by atoms with Crippen molar-refractivity contribution in [2.75, 3.05) is 55.3 Å². The van der Waals surface area contributed by atoms with Crippen LogP contribution in [-0.2, 0) is 28.7 Å². The van der Waals surface area contributed by atoms with E-state index in [2.05, 4.69) is 112 Å². The lowest BCUT2D eigenvalue weighted by Crippen LogP contribution is -2.67. The van der Waals surface area contributed by atoms with E-state index in [1.54, 1.807) is 12.1 Å². The molecule has 0 saturated carbocycles. The highest BCUT2D eigenvalue weighted by atomic mass is 35.5. The number of amides is 1. The number of nitrogens with one attached hydrogen (secondary N) is 2. The lowest BCUT2D eigenvalue weighted by Gasteiger charge is -2.44. The first-order chi connectivity index (χ1) is 41.5. The maximum Gasteiger partial charge on any atom is 0.501 e. The molecule has 470 valence electrons. The second-order valence-electron chi connectivity index (χ2n) is 25.0. The van der Waals surface area contributed by atoms with Crippen molar-refractivity contribution in [2.45, 2.75) is 123 Å². The van der Waals surface area contributed by atoms with Crippen LogP contribution in [0.5, 0.6) is 0 Å². The number of hydrogen-bond donors (Lipinski definition) is 2. The summed E-state index contributed by atoms with van der Waals surface area (Å²) in [5, 5.41) is 5.75. The summed E-state index contributed by atoms with van der Waals surface area (Å²) in [5.41, 5.74) is -2.17. The van der Waals surface area contributed by atoms with Crippen LogP contribution in [0.25, 0.3) is 11.1 Å². The second kappa shape index (κ2) is 28.6. The first-order valence-corrected chi connectivity index (χ1v) is 39.0. The molecule has 1 aliphatic rings. The third-order valence-corrected chi connectivity index (χ3v) is 30.9. The summed E-state index contributed by atoms with van der Waals surface area (Å²) in [4.78, 5) is 16.9. The number of anilines is 2. The first kappa shape index (κ1) is 68.2. The highest BCUT2D eigenvalue weighted by Gasteiger charge is 2.51. The van der Waals surface area contributed by atoms with Crippen molar-refractivity contribution in [3.63, 3.8) is 0 Å². The molecule has 0 aromatic heterocycles. The Labute approximate surface area is 531 Å². The zero-order chi connectivity index (χ0) is 63.7. The summed E-state index contributed by atoms with van der Waals surface area (Å²) in [5.74, 6) is -0.554. The Morgan fingerprint density at radius 3 is 1.85 bits per heavy atom. The van der Waals surface area contributed by atoms with Gasteiger partial charge in [0.05, 0.1) is 16.7 Å². The van der Waals surface area contributed by atoms with Gasteiger partial charge in [-0.3, -0.25) is 4.79 Å². The summed E-state index contributed by atoms with van der Waals surface area (Å²) in [6, 6.07) is 54.6. The molecule has 1 heterocycles. The van der Waals surface area contributed by atoms with E-state index in [9.17, 15) is 34.8 Å². The fourth-order valence-corrected chi connectivity index (χ4v) is 20.2. The van der Waals surface area contributed by atoms with Crippen molar-refractivity contribution in [2.24, 2.45) is 5.92 Å². The molecule has 7 aromatic rings. The number of nitrogens with zero attached hydrogens (tertiary/aromatic N) is 2. The summed E-state index contributed by atoms with van der Waals surface area (Å²) >= 11 is 7.74. The van der Waals surface area contributed by atoms with Gasteiger partial charge in [0, 0.05) is 65.7 Å². The third-order valence-electron chi connectivity index (χ3n) is 17.1. The lowest BCUT2D eigenvalue weighted by molar-refractivity contribution is -0.0436. The van der Waals surface area contributed by atoms with Gasteiger partial charge in [-0.1, -0.05) is 175 Å². The Bertz CT molecular complexity index is 3630. The van der Waals surface area contributed by atoms with Gasteiger partial charge in [0.25, 0.3) is 34.1 Å². The van der Waals surface area contributed by atoms with Crippen LogP contribution in [0.3, 0.4) is 0 Å². The summed E-state index contributed by atoms with van der Waals surface area (Å²) in [6.45, 7) is 23.3. The molecule has 0 bridgehead atoms. The Morgan fingerprint density at radius 2 is 1.30 bits per heavy atom. The number of halogens is 4. The van der Waals surface area contributed by atoms with Crippen molar-refractivity contribution in [3.8, 4) is 11.1 Å². The Kier molecular flexibility index (Phi) is 22.2. The number of rotatable bonds is 25. The average molecular weight is 1310 g/mol.